The highest BCUT2D eigenvalue weighted by Crippen LogP contribution is 2.44. The first-order chi connectivity index (χ1) is 15.5. The van der Waals surface area contributed by atoms with Gasteiger partial charge in [-0.05, 0) is 73.9 Å². The molecule has 0 saturated carbocycles. The number of nitrogens with zero attached hydrogens (tertiary/aromatic N) is 2. The summed E-state index contributed by atoms with van der Waals surface area (Å²) in [5.41, 5.74) is 5.79. The number of aromatic nitrogens is 1. The maximum absolute atomic E-state index is 13.8. The summed E-state index contributed by atoms with van der Waals surface area (Å²) >= 11 is 1.92. The Morgan fingerprint density at radius 2 is 2.00 bits per heavy atom. The minimum atomic E-state index is -0.0797. The summed E-state index contributed by atoms with van der Waals surface area (Å²) < 4.78 is 7.85. The average Bonchev–Trinajstić information content (AvgIpc) is 3.35. The molecule has 1 aliphatic heterocycles. The van der Waals surface area contributed by atoms with Crippen LogP contribution in [0.2, 0.25) is 0 Å². The molecule has 3 heterocycles. The number of carbonyl (C=O) groups is 1. The highest BCUT2D eigenvalue weighted by molar-refractivity contribution is 7.15. The van der Waals surface area contributed by atoms with Gasteiger partial charge in [0.05, 0.1) is 25.4 Å². The number of ether oxygens (including phenoxy) is 1. The van der Waals surface area contributed by atoms with Crippen LogP contribution < -0.4 is 10.1 Å². The van der Waals surface area contributed by atoms with Crippen molar-refractivity contribution in [3.05, 3.63) is 63.8 Å². The Balaban J connectivity index is 1.59. The Morgan fingerprint density at radius 3 is 2.78 bits per heavy atom. The number of urea groups is 1. The van der Waals surface area contributed by atoms with Crippen LogP contribution in [0.5, 0.6) is 5.75 Å². The first-order valence-electron chi connectivity index (χ1n) is 11.5. The van der Waals surface area contributed by atoms with Gasteiger partial charge in [0.2, 0.25) is 0 Å². The maximum Gasteiger partial charge on any atom is 0.322 e. The number of methoxy groups -OCH3 is 1. The number of thiophene rings is 1. The predicted octanol–water partition coefficient (Wildman–Crippen LogP) is 6.48. The van der Waals surface area contributed by atoms with Gasteiger partial charge in [0.15, 0.2) is 0 Å². The van der Waals surface area contributed by atoms with Crippen LogP contribution in [0.3, 0.4) is 0 Å². The number of aryl methyl sites for hydroxylation is 2. The largest absolute Gasteiger partial charge is 0.495 e. The summed E-state index contributed by atoms with van der Waals surface area (Å²) in [6.07, 6.45) is 6.93. The van der Waals surface area contributed by atoms with Crippen LogP contribution in [0.15, 0.2) is 36.5 Å². The Labute approximate surface area is 194 Å². The van der Waals surface area contributed by atoms with Gasteiger partial charge in [-0.3, -0.25) is 0 Å². The van der Waals surface area contributed by atoms with E-state index in [0.717, 1.165) is 18.4 Å². The number of rotatable bonds is 3. The second-order valence-corrected chi connectivity index (χ2v) is 10.3. The fourth-order valence-electron chi connectivity index (χ4n) is 5.23. The molecule has 1 aromatic carbocycles. The van der Waals surface area contributed by atoms with Gasteiger partial charge in [-0.25, -0.2) is 4.79 Å². The van der Waals surface area contributed by atoms with E-state index in [9.17, 15) is 4.79 Å². The minimum absolute atomic E-state index is 0.0142. The summed E-state index contributed by atoms with van der Waals surface area (Å²) in [4.78, 5) is 17.3. The van der Waals surface area contributed by atoms with E-state index in [4.69, 9.17) is 4.74 Å². The topological polar surface area (TPSA) is 46.5 Å². The molecule has 2 amide bonds. The van der Waals surface area contributed by atoms with Crippen molar-refractivity contribution < 1.29 is 9.53 Å². The molecule has 0 unspecified atom stereocenters. The van der Waals surface area contributed by atoms with Crippen LogP contribution in [0.4, 0.5) is 10.5 Å². The predicted molar refractivity (Wildman–Crippen MR) is 130 cm³/mol. The second-order valence-electron chi connectivity index (χ2n) is 9.25. The Morgan fingerprint density at radius 1 is 1.19 bits per heavy atom. The Hall–Kier alpha value is -2.73. The van der Waals surface area contributed by atoms with Gasteiger partial charge in [-0.1, -0.05) is 19.9 Å². The lowest BCUT2D eigenvalue weighted by Gasteiger charge is -2.33. The molecule has 0 saturated heterocycles. The van der Waals surface area contributed by atoms with Crippen molar-refractivity contribution in [2.45, 2.75) is 59.0 Å². The minimum Gasteiger partial charge on any atom is -0.495 e. The Bertz CT molecular complexity index is 1160. The van der Waals surface area contributed by atoms with Crippen LogP contribution in [0, 0.1) is 12.8 Å². The summed E-state index contributed by atoms with van der Waals surface area (Å²) in [5.74, 6) is 0.954. The highest BCUT2D eigenvalue weighted by atomic mass is 32.1. The third-order valence-corrected chi connectivity index (χ3v) is 8.05. The molecule has 5 nitrogen and oxygen atoms in total. The molecule has 6 heteroatoms. The van der Waals surface area contributed by atoms with Crippen LogP contribution in [0.25, 0.3) is 5.00 Å². The number of anilines is 1. The first-order valence-corrected chi connectivity index (χ1v) is 12.3. The van der Waals surface area contributed by atoms with Gasteiger partial charge in [-0.15, -0.1) is 11.3 Å². The van der Waals surface area contributed by atoms with Crippen LogP contribution >= 0.6 is 11.3 Å². The number of carbonyl (C=O) groups excluding carboxylic acids is 1. The van der Waals surface area contributed by atoms with Crippen molar-refractivity contribution in [3.63, 3.8) is 0 Å². The molecular formula is C26H31N3O2S. The molecule has 0 radical (unpaired) electrons. The summed E-state index contributed by atoms with van der Waals surface area (Å²) in [6.45, 7) is 7.05. The van der Waals surface area contributed by atoms with Crippen molar-refractivity contribution in [2.75, 3.05) is 12.4 Å². The lowest BCUT2D eigenvalue weighted by atomic mass is 9.94. The monoisotopic (exact) mass is 449 g/mol. The summed E-state index contributed by atoms with van der Waals surface area (Å²) in [5, 5.41) is 4.46. The zero-order chi connectivity index (χ0) is 22.4. The van der Waals surface area contributed by atoms with Gasteiger partial charge in [0.25, 0.3) is 0 Å². The summed E-state index contributed by atoms with van der Waals surface area (Å²) in [7, 11) is 1.64. The number of benzene rings is 1. The van der Waals surface area contributed by atoms with E-state index in [1.54, 1.807) is 7.11 Å². The second kappa shape index (κ2) is 8.32. The van der Waals surface area contributed by atoms with E-state index in [1.165, 1.54) is 39.5 Å². The SMILES string of the molecule is COc1ccc(C)cc1NC(=O)N1Cc2c(sc3c2CCCC3)-n2cccc2[C@H]1C(C)C. The fourth-order valence-corrected chi connectivity index (χ4v) is 6.63. The number of hydrogen-bond donors (Lipinski definition) is 1. The van der Waals surface area contributed by atoms with E-state index in [1.807, 2.05) is 41.4 Å². The van der Waals surface area contributed by atoms with E-state index in [2.05, 4.69) is 42.1 Å². The van der Waals surface area contributed by atoms with E-state index in [-0.39, 0.29) is 18.0 Å². The van der Waals surface area contributed by atoms with Crippen LogP contribution in [-0.4, -0.2) is 22.6 Å². The van der Waals surface area contributed by atoms with E-state index in [0.29, 0.717) is 18.0 Å². The van der Waals surface area contributed by atoms with E-state index < -0.39 is 0 Å². The molecule has 0 bridgehead atoms. The molecule has 0 fully saturated rings. The van der Waals surface area contributed by atoms with E-state index >= 15 is 0 Å². The fraction of sp³-hybridized carbons (Fsp3) is 0.423. The molecule has 5 rings (SSSR count). The highest BCUT2D eigenvalue weighted by Gasteiger charge is 2.36. The van der Waals surface area contributed by atoms with Gasteiger partial charge in [0, 0.05) is 22.3 Å². The van der Waals surface area contributed by atoms with Crippen molar-refractivity contribution in [3.8, 4) is 10.8 Å². The molecule has 2 aliphatic rings. The zero-order valence-electron chi connectivity index (χ0n) is 19.3. The van der Waals surface area contributed by atoms with Gasteiger partial charge in [-0.2, -0.15) is 0 Å². The standard InChI is InChI=1S/C26H31N3O2S/c1-16(2)24-21-9-7-13-28(21)25-19(18-8-5-6-10-23(18)32-25)15-29(24)26(30)27-20-14-17(3)11-12-22(20)31-4/h7,9,11-14,16,24H,5-6,8,10,15H2,1-4H3,(H,27,30)/t24-/m1/s1. The normalized spacial score (nSPS) is 17.4. The smallest absolute Gasteiger partial charge is 0.322 e. The molecule has 1 atom stereocenters. The molecule has 1 N–H and O–H groups in total. The molecule has 1 aliphatic carbocycles. The third-order valence-electron chi connectivity index (χ3n) is 6.71. The molecule has 3 aromatic rings. The molecule has 168 valence electrons. The number of hydrogen-bond acceptors (Lipinski definition) is 3. The number of nitrogens with one attached hydrogen (secondary N) is 1. The lowest BCUT2D eigenvalue weighted by Crippen LogP contribution is -2.39. The number of fused-ring (bicyclic) bond motifs is 5. The van der Waals surface area contributed by atoms with Crippen LogP contribution in [0.1, 0.15) is 60.0 Å². The van der Waals surface area contributed by atoms with Gasteiger partial charge in [0.1, 0.15) is 10.8 Å². The Kier molecular flexibility index (Phi) is 5.49. The van der Waals surface area contributed by atoms with Crippen molar-refractivity contribution in [1.29, 1.82) is 0 Å². The van der Waals surface area contributed by atoms with Crippen molar-refractivity contribution in [1.82, 2.24) is 9.47 Å². The molecule has 0 spiro atoms. The molecule has 2 aromatic heterocycles. The average molecular weight is 450 g/mol. The molecular weight excluding hydrogens is 418 g/mol. The van der Waals surface area contributed by atoms with Crippen LogP contribution in [-0.2, 0) is 19.4 Å². The lowest BCUT2D eigenvalue weighted by molar-refractivity contribution is 0.161. The van der Waals surface area contributed by atoms with Gasteiger partial charge < -0.3 is 19.5 Å². The zero-order valence-corrected chi connectivity index (χ0v) is 20.1. The van der Waals surface area contributed by atoms with Gasteiger partial charge >= 0.3 is 6.03 Å². The van der Waals surface area contributed by atoms with Crippen molar-refractivity contribution >= 4 is 23.1 Å². The maximum atomic E-state index is 13.8. The van der Waals surface area contributed by atoms with Crippen molar-refractivity contribution in [2.24, 2.45) is 5.92 Å². The third kappa shape index (κ3) is 3.51. The molecule has 32 heavy (non-hydrogen) atoms. The number of amides is 2. The first kappa shape index (κ1) is 21.1. The quantitative estimate of drug-likeness (QED) is 0.497. The summed E-state index contributed by atoms with van der Waals surface area (Å²) in [6, 6.07) is 10.1.